The van der Waals surface area contributed by atoms with Crippen LogP contribution in [0.2, 0.25) is 0 Å². The number of aromatic amines is 1. The van der Waals surface area contributed by atoms with Crippen LogP contribution in [0.25, 0.3) is 5.65 Å². The highest BCUT2D eigenvalue weighted by Crippen LogP contribution is 2.27. The molecule has 124 valence electrons. The highest BCUT2D eigenvalue weighted by Gasteiger charge is 2.21. The van der Waals surface area contributed by atoms with Crippen molar-refractivity contribution in [3.8, 4) is 0 Å². The van der Waals surface area contributed by atoms with Gasteiger partial charge in [-0.1, -0.05) is 6.07 Å². The number of pyridine rings is 1. The molecule has 0 atom stereocenters. The second kappa shape index (κ2) is 6.20. The summed E-state index contributed by atoms with van der Waals surface area (Å²) in [4.78, 5) is 19.3. The number of likely N-dealkylation sites (tertiary alicyclic amines) is 1. The Hall–Kier alpha value is -2.47. The fourth-order valence-electron chi connectivity index (χ4n) is 3.48. The van der Waals surface area contributed by atoms with Crippen LogP contribution < -0.4 is 5.56 Å². The number of H-pyrrole nitrogens is 1. The van der Waals surface area contributed by atoms with Crippen LogP contribution in [-0.4, -0.2) is 37.6 Å². The number of hydrogen-bond donors (Lipinski definition) is 1. The van der Waals surface area contributed by atoms with Crippen LogP contribution in [0.4, 0.5) is 0 Å². The average Bonchev–Trinajstić information content (AvgIpc) is 3.11. The maximum absolute atomic E-state index is 12.3. The molecule has 0 aliphatic carbocycles. The first kappa shape index (κ1) is 15.1. The first-order valence-corrected chi connectivity index (χ1v) is 8.39. The smallest absolute Gasteiger partial charge is 0.258 e. The molecule has 0 saturated carbocycles. The Morgan fingerprint density at radius 2 is 2.12 bits per heavy atom. The van der Waals surface area contributed by atoms with Gasteiger partial charge >= 0.3 is 0 Å². The van der Waals surface area contributed by atoms with Gasteiger partial charge < -0.3 is 0 Å². The van der Waals surface area contributed by atoms with Crippen molar-refractivity contribution in [3.05, 3.63) is 64.0 Å². The summed E-state index contributed by atoms with van der Waals surface area (Å²) in [5.41, 5.74) is 3.92. The number of aromatic nitrogens is 4. The maximum Gasteiger partial charge on any atom is 0.258 e. The zero-order valence-electron chi connectivity index (χ0n) is 13.8. The van der Waals surface area contributed by atoms with Gasteiger partial charge in [0.15, 0.2) is 0 Å². The number of nitrogens with zero attached hydrogens (tertiary/aromatic N) is 4. The zero-order valence-corrected chi connectivity index (χ0v) is 13.8. The molecule has 3 aromatic heterocycles. The lowest BCUT2D eigenvalue weighted by molar-refractivity contribution is 0.202. The van der Waals surface area contributed by atoms with E-state index >= 15 is 0 Å². The molecule has 4 rings (SSSR count). The topological polar surface area (TPSA) is 66.3 Å². The van der Waals surface area contributed by atoms with E-state index in [0.717, 1.165) is 49.4 Å². The second-order valence-corrected chi connectivity index (χ2v) is 6.60. The molecule has 0 spiro atoms. The van der Waals surface area contributed by atoms with Crippen LogP contribution in [0.3, 0.4) is 0 Å². The second-order valence-electron chi connectivity index (χ2n) is 6.60. The fourth-order valence-corrected chi connectivity index (χ4v) is 3.48. The SMILES string of the molecule is Cc1ccc2nc(CN3CCC(c4cn[nH]c4)CC3)cc(=O)n2c1. The van der Waals surface area contributed by atoms with Crippen LogP contribution in [0.1, 0.15) is 35.6 Å². The maximum atomic E-state index is 12.3. The number of rotatable bonds is 3. The molecule has 1 fully saturated rings. The van der Waals surface area contributed by atoms with Gasteiger partial charge in [0.25, 0.3) is 5.56 Å². The molecule has 1 saturated heterocycles. The van der Waals surface area contributed by atoms with Gasteiger partial charge in [-0.2, -0.15) is 5.10 Å². The lowest BCUT2D eigenvalue weighted by atomic mass is 9.91. The molecule has 1 aliphatic heterocycles. The molecule has 0 bridgehead atoms. The highest BCUT2D eigenvalue weighted by molar-refractivity contribution is 5.39. The van der Waals surface area contributed by atoms with E-state index in [1.165, 1.54) is 5.56 Å². The van der Waals surface area contributed by atoms with Crippen molar-refractivity contribution in [2.45, 2.75) is 32.2 Å². The van der Waals surface area contributed by atoms with Crippen LogP contribution >= 0.6 is 0 Å². The van der Waals surface area contributed by atoms with E-state index in [4.69, 9.17) is 0 Å². The van der Waals surface area contributed by atoms with E-state index in [1.807, 2.05) is 37.6 Å². The van der Waals surface area contributed by atoms with Gasteiger partial charge in [0.1, 0.15) is 5.65 Å². The van der Waals surface area contributed by atoms with E-state index in [2.05, 4.69) is 20.1 Å². The van der Waals surface area contributed by atoms with Gasteiger partial charge in [-0.05, 0) is 56.0 Å². The number of fused-ring (bicyclic) bond motifs is 1. The monoisotopic (exact) mass is 323 g/mol. The lowest BCUT2D eigenvalue weighted by Gasteiger charge is -2.31. The summed E-state index contributed by atoms with van der Waals surface area (Å²) in [7, 11) is 0. The molecule has 0 unspecified atom stereocenters. The third kappa shape index (κ3) is 2.97. The molecule has 3 aromatic rings. The Bertz CT molecular complexity index is 891. The molecule has 1 N–H and O–H groups in total. The summed E-state index contributed by atoms with van der Waals surface area (Å²) >= 11 is 0. The van der Waals surface area contributed by atoms with E-state index in [1.54, 1.807) is 10.5 Å². The minimum Gasteiger partial charge on any atom is -0.297 e. The Kier molecular flexibility index (Phi) is 3.90. The Morgan fingerprint density at radius 1 is 1.29 bits per heavy atom. The van der Waals surface area contributed by atoms with Gasteiger partial charge in [0.05, 0.1) is 11.9 Å². The number of piperidine rings is 1. The fraction of sp³-hybridized carbons (Fsp3) is 0.389. The average molecular weight is 323 g/mol. The summed E-state index contributed by atoms with van der Waals surface area (Å²) in [6.45, 7) is 4.75. The van der Waals surface area contributed by atoms with E-state index < -0.39 is 0 Å². The number of hydrogen-bond acceptors (Lipinski definition) is 4. The van der Waals surface area contributed by atoms with Crippen LogP contribution in [0.5, 0.6) is 0 Å². The van der Waals surface area contributed by atoms with Gasteiger partial charge in [-0.15, -0.1) is 0 Å². The molecule has 4 heterocycles. The lowest BCUT2D eigenvalue weighted by Crippen LogP contribution is -2.33. The standard InChI is InChI=1S/C18H21N5O/c1-13-2-3-17-21-16(8-18(24)23(17)11-13)12-22-6-4-14(5-7-22)15-9-19-20-10-15/h2-3,8-11,14H,4-7,12H2,1H3,(H,19,20). The van der Waals surface area contributed by atoms with Crippen molar-refractivity contribution >= 4 is 5.65 Å². The molecule has 1 aliphatic rings. The third-order valence-corrected chi connectivity index (χ3v) is 4.82. The zero-order chi connectivity index (χ0) is 16.5. The largest absolute Gasteiger partial charge is 0.297 e. The highest BCUT2D eigenvalue weighted by atomic mass is 16.1. The molecule has 6 heteroatoms. The summed E-state index contributed by atoms with van der Waals surface area (Å²) in [6.07, 6.45) is 7.99. The minimum atomic E-state index is -0.00742. The van der Waals surface area contributed by atoms with Crippen molar-refractivity contribution in [3.63, 3.8) is 0 Å². The summed E-state index contributed by atoms with van der Waals surface area (Å²) in [6, 6.07) is 5.56. The molecular formula is C18H21N5O. The van der Waals surface area contributed by atoms with Gasteiger partial charge in [0, 0.05) is 25.0 Å². The number of nitrogens with one attached hydrogen (secondary N) is 1. The summed E-state index contributed by atoms with van der Waals surface area (Å²) in [5, 5.41) is 6.94. The predicted octanol–water partition coefficient (Wildman–Crippen LogP) is 2.11. The van der Waals surface area contributed by atoms with Crippen LogP contribution in [0.15, 0.2) is 41.6 Å². The Morgan fingerprint density at radius 3 is 2.88 bits per heavy atom. The van der Waals surface area contributed by atoms with Gasteiger partial charge in [-0.25, -0.2) is 4.98 Å². The molecule has 0 aromatic carbocycles. The normalized spacial score (nSPS) is 16.7. The molecular weight excluding hydrogens is 302 g/mol. The Labute approximate surface area is 140 Å². The predicted molar refractivity (Wildman–Crippen MR) is 92.0 cm³/mol. The van der Waals surface area contributed by atoms with Crippen molar-refractivity contribution in [1.29, 1.82) is 0 Å². The molecule has 0 radical (unpaired) electrons. The van der Waals surface area contributed by atoms with Crippen LogP contribution in [-0.2, 0) is 6.54 Å². The van der Waals surface area contributed by atoms with Crippen LogP contribution in [0, 0.1) is 6.92 Å². The quantitative estimate of drug-likeness (QED) is 0.802. The summed E-state index contributed by atoms with van der Waals surface area (Å²) in [5.74, 6) is 0.582. The molecule has 24 heavy (non-hydrogen) atoms. The summed E-state index contributed by atoms with van der Waals surface area (Å²) < 4.78 is 1.62. The van der Waals surface area contributed by atoms with Crippen molar-refractivity contribution < 1.29 is 0 Å². The van der Waals surface area contributed by atoms with E-state index in [9.17, 15) is 4.79 Å². The van der Waals surface area contributed by atoms with Gasteiger partial charge in [-0.3, -0.25) is 19.2 Å². The van der Waals surface area contributed by atoms with Crippen molar-refractivity contribution in [2.75, 3.05) is 13.1 Å². The van der Waals surface area contributed by atoms with Crippen molar-refractivity contribution in [2.24, 2.45) is 0 Å². The number of aryl methyl sites for hydroxylation is 1. The Balaban J connectivity index is 1.47. The van der Waals surface area contributed by atoms with Gasteiger partial charge in [0.2, 0.25) is 0 Å². The minimum absolute atomic E-state index is 0.00742. The molecule has 0 amide bonds. The molecule has 6 nitrogen and oxygen atoms in total. The first-order chi connectivity index (χ1) is 11.7. The van der Waals surface area contributed by atoms with E-state index in [-0.39, 0.29) is 5.56 Å². The van der Waals surface area contributed by atoms with E-state index in [0.29, 0.717) is 5.92 Å². The van der Waals surface area contributed by atoms with Crippen molar-refractivity contribution in [1.82, 2.24) is 24.5 Å². The third-order valence-electron chi connectivity index (χ3n) is 4.82. The first-order valence-electron chi connectivity index (χ1n) is 8.39.